The topological polar surface area (TPSA) is 66.4 Å². The fourth-order valence-corrected chi connectivity index (χ4v) is 0.835. The molecule has 1 atom stereocenters. The number of rotatable bonds is 3. The van der Waals surface area contributed by atoms with Gasteiger partial charge in [-0.05, 0) is 6.92 Å². The van der Waals surface area contributed by atoms with Crippen LogP contribution in [0.5, 0.6) is 0 Å². The van der Waals surface area contributed by atoms with Gasteiger partial charge in [0.25, 0.3) is 0 Å². The minimum Gasteiger partial charge on any atom is -0.726 e. The van der Waals surface area contributed by atoms with Gasteiger partial charge in [-0.15, -0.1) is 11.6 Å². The summed E-state index contributed by atoms with van der Waals surface area (Å²) in [5.74, 6) is -0.0124. The number of halogens is 1. The summed E-state index contributed by atoms with van der Waals surface area (Å²) in [5.41, 5.74) is 0. The Bertz CT molecular complexity index is 167. The molecule has 1 unspecified atom stereocenters. The van der Waals surface area contributed by atoms with Gasteiger partial charge in [-0.3, -0.25) is 4.18 Å². The molecule has 0 aromatic heterocycles. The van der Waals surface area contributed by atoms with Crippen molar-refractivity contribution in [2.75, 3.05) is 5.88 Å². The van der Waals surface area contributed by atoms with Crippen LogP contribution in [0.2, 0.25) is 0 Å². The van der Waals surface area contributed by atoms with Crippen LogP contribution in [0.1, 0.15) is 6.92 Å². The molecule has 0 saturated carbocycles. The Hall–Kier alpha value is 1.16. The van der Waals surface area contributed by atoms with E-state index in [0.29, 0.717) is 0 Å². The molecular formula is C3H6ClNaO4S. The Labute approximate surface area is 87.1 Å². The molecule has 0 aliphatic rings. The van der Waals surface area contributed by atoms with Gasteiger partial charge in [-0.25, -0.2) is 8.42 Å². The van der Waals surface area contributed by atoms with E-state index in [0.717, 1.165) is 0 Å². The molecule has 7 heteroatoms. The van der Waals surface area contributed by atoms with Crippen molar-refractivity contribution in [2.45, 2.75) is 13.0 Å². The van der Waals surface area contributed by atoms with Crippen molar-refractivity contribution in [3.63, 3.8) is 0 Å². The summed E-state index contributed by atoms with van der Waals surface area (Å²) >= 11 is 5.13. The van der Waals surface area contributed by atoms with E-state index in [1.165, 1.54) is 6.92 Å². The van der Waals surface area contributed by atoms with Gasteiger partial charge < -0.3 is 4.55 Å². The molecule has 0 aromatic carbocycles. The second-order valence-corrected chi connectivity index (χ2v) is 2.79. The van der Waals surface area contributed by atoms with Crippen LogP contribution in [-0.2, 0) is 14.6 Å². The van der Waals surface area contributed by atoms with Crippen LogP contribution in [0.3, 0.4) is 0 Å². The zero-order valence-corrected chi connectivity index (χ0v) is 9.28. The van der Waals surface area contributed by atoms with Crippen molar-refractivity contribution in [3.8, 4) is 0 Å². The number of hydrogen-bond donors (Lipinski definition) is 0. The normalized spacial score (nSPS) is 13.9. The predicted octanol–water partition coefficient (Wildman–Crippen LogP) is -2.91. The second-order valence-electron chi connectivity index (χ2n) is 1.47. The third kappa shape index (κ3) is 9.16. The van der Waals surface area contributed by atoms with E-state index in [9.17, 15) is 13.0 Å². The molecule has 10 heavy (non-hydrogen) atoms. The SMILES string of the molecule is CC(CCl)OS(=O)(=O)[O-].[Na+]. The summed E-state index contributed by atoms with van der Waals surface area (Å²) in [6.07, 6.45) is -0.742. The zero-order chi connectivity index (χ0) is 7.49. The fraction of sp³-hybridized carbons (Fsp3) is 1.00. The van der Waals surface area contributed by atoms with Gasteiger partial charge in [0.1, 0.15) is 0 Å². The molecule has 0 N–H and O–H groups in total. The van der Waals surface area contributed by atoms with Gasteiger partial charge >= 0.3 is 29.6 Å². The summed E-state index contributed by atoms with van der Waals surface area (Å²) < 4.78 is 33.2. The van der Waals surface area contributed by atoms with E-state index < -0.39 is 16.5 Å². The molecule has 0 heterocycles. The van der Waals surface area contributed by atoms with Gasteiger partial charge in [0.05, 0.1) is 6.10 Å². The Kier molecular flexibility index (Phi) is 7.92. The molecular weight excluding hydrogens is 191 g/mol. The third-order valence-electron chi connectivity index (χ3n) is 0.499. The van der Waals surface area contributed by atoms with Crippen LogP contribution in [0.25, 0.3) is 0 Å². The Morgan fingerprint density at radius 2 is 2.10 bits per heavy atom. The van der Waals surface area contributed by atoms with Crippen LogP contribution < -0.4 is 29.6 Å². The largest absolute Gasteiger partial charge is 1.00 e. The molecule has 0 bridgehead atoms. The van der Waals surface area contributed by atoms with E-state index in [1.807, 2.05) is 0 Å². The van der Waals surface area contributed by atoms with E-state index in [-0.39, 0.29) is 35.4 Å². The summed E-state index contributed by atoms with van der Waals surface area (Å²) in [6.45, 7) is 1.39. The average molecular weight is 197 g/mol. The molecule has 0 radical (unpaired) electrons. The first kappa shape index (κ1) is 13.7. The summed E-state index contributed by atoms with van der Waals surface area (Å²) in [6, 6.07) is 0. The first-order valence-electron chi connectivity index (χ1n) is 2.16. The van der Waals surface area contributed by atoms with Gasteiger partial charge in [0.2, 0.25) is 10.4 Å². The van der Waals surface area contributed by atoms with Crippen LogP contribution in [0, 0.1) is 0 Å². The Balaban J connectivity index is 0. The van der Waals surface area contributed by atoms with Crippen molar-refractivity contribution >= 4 is 22.0 Å². The minimum absolute atomic E-state index is 0. The van der Waals surface area contributed by atoms with E-state index >= 15 is 0 Å². The maximum Gasteiger partial charge on any atom is 1.00 e. The fourth-order valence-electron chi connectivity index (χ4n) is 0.227. The molecule has 0 spiro atoms. The summed E-state index contributed by atoms with van der Waals surface area (Å²) in [4.78, 5) is 0. The smallest absolute Gasteiger partial charge is 0.726 e. The molecule has 0 aliphatic heterocycles. The zero-order valence-electron chi connectivity index (χ0n) is 5.70. The minimum atomic E-state index is -4.57. The predicted molar refractivity (Wildman–Crippen MR) is 31.0 cm³/mol. The average Bonchev–Trinajstić information content (AvgIpc) is 1.62. The molecule has 0 aliphatic carbocycles. The second kappa shape index (κ2) is 5.77. The van der Waals surface area contributed by atoms with Gasteiger partial charge in [-0.2, -0.15) is 0 Å². The van der Waals surface area contributed by atoms with Crippen molar-refractivity contribution in [2.24, 2.45) is 0 Å². The van der Waals surface area contributed by atoms with Crippen molar-refractivity contribution in [1.29, 1.82) is 0 Å². The number of alkyl halides is 1. The van der Waals surface area contributed by atoms with Crippen molar-refractivity contribution < 1.29 is 46.7 Å². The third-order valence-corrected chi connectivity index (χ3v) is 1.50. The maximum absolute atomic E-state index is 9.76. The van der Waals surface area contributed by atoms with Crippen molar-refractivity contribution in [1.82, 2.24) is 0 Å². The summed E-state index contributed by atoms with van der Waals surface area (Å²) in [7, 11) is -4.57. The molecule has 0 amide bonds. The first-order valence-corrected chi connectivity index (χ1v) is 4.02. The monoisotopic (exact) mass is 196 g/mol. The first-order chi connectivity index (χ1) is 3.95. The van der Waals surface area contributed by atoms with Gasteiger partial charge in [0.15, 0.2) is 0 Å². The van der Waals surface area contributed by atoms with Crippen LogP contribution in [-0.4, -0.2) is 25.0 Å². The molecule has 0 saturated heterocycles. The molecule has 0 rings (SSSR count). The molecule has 0 fully saturated rings. The Morgan fingerprint density at radius 3 is 2.20 bits per heavy atom. The van der Waals surface area contributed by atoms with E-state index in [2.05, 4.69) is 4.18 Å². The number of hydrogen-bond acceptors (Lipinski definition) is 4. The molecule has 4 nitrogen and oxygen atoms in total. The maximum atomic E-state index is 9.76. The van der Waals surface area contributed by atoms with Crippen LogP contribution in [0.4, 0.5) is 0 Å². The quantitative estimate of drug-likeness (QED) is 0.210. The van der Waals surface area contributed by atoms with Crippen LogP contribution in [0.15, 0.2) is 0 Å². The molecule has 56 valence electrons. The summed E-state index contributed by atoms with van der Waals surface area (Å²) in [5, 5.41) is 0. The van der Waals surface area contributed by atoms with E-state index in [1.54, 1.807) is 0 Å². The molecule has 0 aromatic rings. The van der Waals surface area contributed by atoms with E-state index in [4.69, 9.17) is 11.6 Å². The van der Waals surface area contributed by atoms with Gasteiger partial charge in [-0.1, -0.05) is 0 Å². The standard InChI is InChI=1S/C3H7ClO4S.Na/c1-3(2-4)8-9(5,6)7;/h3H,2H2,1H3,(H,5,6,7);/q;+1/p-1. The Morgan fingerprint density at radius 1 is 1.70 bits per heavy atom. The van der Waals surface area contributed by atoms with Gasteiger partial charge in [0, 0.05) is 5.88 Å². The van der Waals surface area contributed by atoms with Crippen molar-refractivity contribution in [3.05, 3.63) is 0 Å². The van der Waals surface area contributed by atoms with Crippen LogP contribution >= 0.6 is 11.6 Å².